The summed E-state index contributed by atoms with van der Waals surface area (Å²) < 4.78 is 11.6. The number of ketones is 1. The Balaban J connectivity index is 1.63. The summed E-state index contributed by atoms with van der Waals surface area (Å²) in [5, 5.41) is 0. The van der Waals surface area contributed by atoms with E-state index in [2.05, 4.69) is 19.1 Å². The van der Waals surface area contributed by atoms with E-state index in [4.69, 9.17) is 9.47 Å². The highest BCUT2D eigenvalue weighted by Crippen LogP contribution is 2.67. The quantitative estimate of drug-likeness (QED) is 0.851. The van der Waals surface area contributed by atoms with Crippen molar-refractivity contribution in [1.29, 1.82) is 0 Å². The number of Topliss-reactive ketones (excluding diaryl/α,β-unsaturated/α-hetero) is 1. The predicted octanol–water partition coefficient (Wildman–Crippen LogP) is 3.81. The van der Waals surface area contributed by atoms with Crippen LogP contribution in [0.4, 0.5) is 0 Å². The van der Waals surface area contributed by atoms with E-state index in [0.29, 0.717) is 12.2 Å². The monoisotopic (exact) mass is 298 g/mol. The van der Waals surface area contributed by atoms with Gasteiger partial charge in [-0.15, -0.1) is 0 Å². The van der Waals surface area contributed by atoms with E-state index in [1.165, 1.54) is 5.56 Å². The van der Waals surface area contributed by atoms with Crippen molar-refractivity contribution in [2.75, 3.05) is 7.11 Å². The van der Waals surface area contributed by atoms with Gasteiger partial charge in [0.2, 0.25) is 0 Å². The Labute approximate surface area is 131 Å². The summed E-state index contributed by atoms with van der Waals surface area (Å²) >= 11 is 0. The molecule has 0 amide bonds. The van der Waals surface area contributed by atoms with Crippen molar-refractivity contribution in [3.8, 4) is 5.75 Å². The highest BCUT2D eigenvalue weighted by atomic mass is 16.5. The minimum atomic E-state index is -0.272. The highest BCUT2D eigenvalue weighted by molar-refractivity contribution is 5.99. The number of benzene rings is 1. The van der Waals surface area contributed by atoms with Gasteiger partial charge < -0.3 is 9.47 Å². The number of fused-ring (bicyclic) bond motifs is 1. The van der Waals surface area contributed by atoms with Gasteiger partial charge >= 0.3 is 0 Å². The smallest absolute Gasteiger partial charge is 0.162 e. The van der Waals surface area contributed by atoms with Crippen molar-refractivity contribution in [3.05, 3.63) is 41.2 Å². The largest absolute Gasteiger partial charge is 0.497 e. The van der Waals surface area contributed by atoms with Gasteiger partial charge in [0.1, 0.15) is 17.1 Å². The van der Waals surface area contributed by atoms with Gasteiger partial charge in [0.25, 0.3) is 0 Å². The minimum absolute atomic E-state index is 0.0141. The van der Waals surface area contributed by atoms with Crippen LogP contribution in [0.3, 0.4) is 0 Å². The molecule has 0 N–H and O–H groups in total. The van der Waals surface area contributed by atoms with E-state index in [9.17, 15) is 4.79 Å². The first kappa shape index (κ1) is 13.9. The molecule has 3 heteroatoms. The third kappa shape index (κ3) is 1.84. The molecule has 2 aliphatic carbocycles. The van der Waals surface area contributed by atoms with E-state index < -0.39 is 0 Å². The maximum atomic E-state index is 12.4. The molecular formula is C19H22O3. The van der Waals surface area contributed by atoms with Crippen LogP contribution in [0, 0.1) is 5.41 Å². The summed E-state index contributed by atoms with van der Waals surface area (Å²) in [6, 6.07) is 8.18. The first-order chi connectivity index (χ1) is 10.6. The SMILES string of the molecule is COc1ccc(CC2(C)OC3=C(C(=O)CCC3)C23CC3)cc1. The number of ether oxygens (including phenoxy) is 2. The molecular weight excluding hydrogens is 276 g/mol. The van der Waals surface area contributed by atoms with Crippen LogP contribution in [0.1, 0.15) is 44.6 Å². The first-order valence-corrected chi connectivity index (χ1v) is 8.17. The Morgan fingerprint density at radius 2 is 1.91 bits per heavy atom. The average molecular weight is 298 g/mol. The molecule has 116 valence electrons. The van der Waals surface area contributed by atoms with Crippen LogP contribution in [0.15, 0.2) is 35.6 Å². The van der Waals surface area contributed by atoms with Crippen molar-refractivity contribution >= 4 is 5.78 Å². The van der Waals surface area contributed by atoms with Gasteiger partial charge in [0.15, 0.2) is 5.78 Å². The molecule has 4 rings (SSSR count). The van der Waals surface area contributed by atoms with Crippen molar-refractivity contribution < 1.29 is 14.3 Å². The van der Waals surface area contributed by atoms with Crippen molar-refractivity contribution in [1.82, 2.24) is 0 Å². The molecule has 1 aromatic rings. The molecule has 0 radical (unpaired) electrons. The zero-order valence-electron chi connectivity index (χ0n) is 13.3. The Bertz CT molecular complexity index is 652. The highest BCUT2D eigenvalue weighted by Gasteiger charge is 2.67. The Kier molecular flexibility index (Phi) is 2.91. The summed E-state index contributed by atoms with van der Waals surface area (Å²) in [5.41, 5.74) is 1.99. The molecule has 1 aliphatic heterocycles. The maximum Gasteiger partial charge on any atom is 0.162 e. The van der Waals surface area contributed by atoms with Crippen LogP contribution < -0.4 is 4.74 Å². The second-order valence-corrected chi connectivity index (χ2v) is 7.01. The lowest BCUT2D eigenvalue weighted by Crippen LogP contribution is -2.38. The van der Waals surface area contributed by atoms with E-state index in [1.807, 2.05) is 12.1 Å². The Morgan fingerprint density at radius 1 is 1.18 bits per heavy atom. The molecule has 1 atom stereocenters. The van der Waals surface area contributed by atoms with Gasteiger partial charge in [-0.2, -0.15) is 0 Å². The standard InChI is InChI=1S/C19H22O3/c1-18(12-13-6-8-14(21-2)9-7-13)19(10-11-19)17-15(20)4-3-5-16(17)22-18/h6-9H,3-5,10-12H2,1-2H3. The average Bonchev–Trinajstić information content (AvgIpc) is 3.25. The van der Waals surface area contributed by atoms with Crippen LogP contribution in [0.25, 0.3) is 0 Å². The van der Waals surface area contributed by atoms with Crippen LogP contribution in [0.5, 0.6) is 5.75 Å². The summed E-state index contributed by atoms with van der Waals surface area (Å²) in [6.07, 6.45) is 5.58. The second kappa shape index (κ2) is 4.61. The topological polar surface area (TPSA) is 35.5 Å². The van der Waals surface area contributed by atoms with Gasteiger partial charge in [-0.25, -0.2) is 0 Å². The lowest BCUT2D eigenvalue weighted by molar-refractivity contribution is -0.116. The summed E-state index contributed by atoms with van der Waals surface area (Å²) in [7, 11) is 1.68. The van der Waals surface area contributed by atoms with Crippen LogP contribution in [-0.2, 0) is 16.0 Å². The number of carbonyl (C=O) groups is 1. The molecule has 1 unspecified atom stereocenters. The fraction of sp³-hybridized carbons (Fsp3) is 0.526. The zero-order valence-corrected chi connectivity index (χ0v) is 13.3. The van der Waals surface area contributed by atoms with Crippen LogP contribution in [0.2, 0.25) is 0 Å². The fourth-order valence-electron chi connectivity index (χ4n) is 4.33. The van der Waals surface area contributed by atoms with Crippen molar-refractivity contribution in [3.63, 3.8) is 0 Å². The Morgan fingerprint density at radius 3 is 2.55 bits per heavy atom. The van der Waals surface area contributed by atoms with Crippen LogP contribution >= 0.6 is 0 Å². The van der Waals surface area contributed by atoms with Gasteiger partial charge in [-0.05, 0) is 43.9 Å². The van der Waals surface area contributed by atoms with Gasteiger partial charge in [0.05, 0.1) is 7.11 Å². The zero-order chi connectivity index (χ0) is 15.4. The molecule has 1 heterocycles. The lowest BCUT2D eigenvalue weighted by Gasteiger charge is -2.32. The second-order valence-electron chi connectivity index (χ2n) is 7.01. The molecule has 1 saturated carbocycles. The van der Waals surface area contributed by atoms with Gasteiger partial charge in [-0.3, -0.25) is 4.79 Å². The number of allylic oxidation sites excluding steroid dienone is 1. The van der Waals surface area contributed by atoms with E-state index in [-0.39, 0.29) is 11.0 Å². The summed E-state index contributed by atoms with van der Waals surface area (Å²) in [5.74, 6) is 2.19. The molecule has 0 saturated heterocycles. The molecule has 3 nitrogen and oxygen atoms in total. The van der Waals surface area contributed by atoms with E-state index >= 15 is 0 Å². The molecule has 0 bridgehead atoms. The molecule has 3 aliphatic rings. The number of hydrogen-bond acceptors (Lipinski definition) is 3. The van der Waals surface area contributed by atoms with Crippen molar-refractivity contribution in [2.45, 2.75) is 51.0 Å². The lowest BCUT2D eigenvalue weighted by atomic mass is 9.74. The van der Waals surface area contributed by atoms with Gasteiger partial charge in [-0.1, -0.05) is 12.1 Å². The van der Waals surface area contributed by atoms with Crippen LogP contribution in [-0.4, -0.2) is 18.5 Å². The third-order valence-electron chi connectivity index (χ3n) is 5.66. The summed E-state index contributed by atoms with van der Waals surface area (Å²) in [6.45, 7) is 2.19. The molecule has 1 fully saturated rings. The third-order valence-corrected chi connectivity index (χ3v) is 5.66. The van der Waals surface area contributed by atoms with Gasteiger partial charge in [0, 0.05) is 30.3 Å². The fourth-order valence-corrected chi connectivity index (χ4v) is 4.33. The number of methoxy groups -OCH3 is 1. The predicted molar refractivity (Wildman–Crippen MR) is 83.7 cm³/mol. The van der Waals surface area contributed by atoms with E-state index in [0.717, 1.165) is 49.2 Å². The van der Waals surface area contributed by atoms with Crippen molar-refractivity contribution in [2.24, 2.45) is 5.41 Å². The minimum Gasteiger partial charge on any atom is -0.497 e. The summed E-state index contributed by atoms with van der Waals surface area (Å²) in [4.78, 5) is 12.4. The number of hydrogen-bond donors (Lipinski definition) is 0. The van der Waals surface area contributed by atoms with E-state index in [1.54, 1.807) is 7.11 Å². The molecule has 22 heavy (non-hydrogen) atoms. The molecule has 1 spiro atoms. The molecule has 1 aromatic carbocycles. The number of carbonyl (C=O) groups excluding carboxylic acids is 1. The first-order valence-electron chi connectivity index (χ1n) is 8.17. The Hall–Kier alpha value is -1.77. The molecule has 0 aromatic heterocycles. The normalized spacial score (nSPS) is 28.5. The maximum absolute atomic E-state index is 12.4. The number of rotatable bonds is 3.